The molecular formula is C17H18N3O4-. The van der Waals surface area contributed by atoms with Gasteiger partial charge in [0.1, 0.15) is 11.5 Å². The van der Waals surface area contributed by atoms with E-state index < -0.39 is 12.0 Å². The number of amides is 2. The monoisotopic (exact) mass is 328 g/mol. The maximum absolute atomic E-state index is 11.8. The molecule has 7 heteroatoms. The van der Waals surface area contributed by atoms with Gasteiger partial charge in [0.15, 0.2) is 0 Å². The van der Waals surface area contributed by atoms with Gasteiger partial charge in [0.25, 0.3) is 0 Å². The molecule has 0 spiro atoms. The summed E-state index contributed by atoms with van der Waals surface area (Å²) >= 11 is 0. The number of aliphatic carboxylic acids is 1. The minimum atomic E-state index is -1.13. The first-order valence-electron chi connectivity index (χ1n) is 7.41. The molecule has 0 saturated heterocycles. The third kappa shape index (κ3) is 4.98. The number of carbonyl (C=O) groups excluding carboxylic acids is 2. The van der Waals surface area contributed by atoms with E-state index in [1.807, 2.05) is 18.2 Å². The van der Waals surface area contributed by atoms with Crippen LogP contribution >= 0.6 is 0 Å². The minimum Gasteiger partial charge on any atom is -0.550 e. The fourth-order valence-electron chi connectivity index (χ4n) is 2.13. The van der Waals surface area contributed by atoms with Crippen LogP contribution in [-0.2, 0) is 11.2 Å². The summed E-state index contributed by atoms with van der Waals surface area (Å²) in [4.78, 5) is 22.3. The summed E-state index contributed by atoms with van der Waals surface area (Å²) in [6.45, 7) is 3.48. The highest BCUT2D eigenvalue weighted by atomic mass is 16.4. The number of nitrogens with one attached hydrogen (secondary N) is 2. The highest BCUT2D eigenvalue weighted by Gasteiger charge is 2.11. The number of urea groups is 1. The molecule has 2 N–H and O–H groups in total. The molecule has 0 radical (unpaired) electrons. The number of hydrazone groups is 1. The topological polar surface area (TPSA) is 107 Å². The van der Waals surface area contributed by atoms with Crippen LogP contribution in [0.1, 0.15) is 30.4 Å². The first-order chi connectivity index (χ1) is 11.5. The van der Waals surface area contributed by atoms with Crippen molar-refractivity contribution in [2.45, 2.75) is 26.7 Å². The second kappa shape index (κ2) is 7.96. The van der Waals surface area contributed by atoms with E-state index in [2.05, 4.69) is 15.8 Å². The predicted octanol–water partition coefficient (Wildman–Crippen LogP) is 1.82. The average Bonchev–Trinajstić information content (AvgIpc) is 2.92. The van der Waals surface area contributed by atoms with Gasteiger partial charge in [-0.3, -0.25) is 0 Å². The van der Waals surface area contributed by atoms with Crippen molar-refractivity contribution >= 4 is 23.4 Å². The van der Waals surface area contributed by atoms with E-state index in [0.29, 0.717) is 28.5 Å². The summed E-state index contributed by atoms with van der Waals surface area (Å²) in [6, 6.07) is 10.3. The number of furan rings is 1. The van der Waals surface area contributed by atoms with Gasteiger partial charge in [-0.25, -0.2) is 10.2 Å². The van der Waals surface area contributed by atoms with E-state index >= 15 is 0 Å². The fourth-order valence-corrected chi connectivity index (χ4v) is 2.13. The second-order valence-corrected chi connectivity index (χ2v) is 5.18. The molecule has 2 rings (SSSR count). The van der Waals surface area contributed by atoms with Crippen molar-refractivity contribution in [2.24, 2.45) is 5.10 Å². The molecule has 0 unspecified atom stereocenters. The predicted molar refractivity (Wildman–Crippen MR) is 87.6 cm³/mol. The molecule has 0 bridgehead atoms. The lowest BCUT2D eigenvalue weighted by molar-refractivity contribution is -0.305. The van der Waals surface area contributed by atoms with E-state index in [0.717, 1.165) is 0 Å². The highest BCUT2D eigenvalue weighted by Crippen LogP contribution is 2.17. The van der Waals surface area contributed by atoms with Crippen LogP contribution < -0.4 is 15.8 Å². The van der Waals surface area contributed by atoms with Crippen molar-refractivity contribution < 1.29 is 19.1 Å². The molecule has 0 aliphatic heterocycles. The molecule has 7 nitrogen and oxygen atoms in total. The normalized spacial score (nSPS) is 11.2. The van der Waals surface area contributed by atoms with Crippen LogP contribution in [-0.4, -0.2) is 17.7 Å². The average molecular weight is 328 g/mol. The molecule has 0 saturated carbocycles. The molecule has 1 aromatic carbocycles. The smallest absolute Gasteiger partial charge is 0.339 e. The Labute approximate surface area is 139 Å². The quantitative estimate of drug-likeness (QED) is 0.623. The zero-order chi connectivity index (χ0) is 17.5. The number of rotatable bonds is 6. The van der Waals surface area contributed by atoms with Crippen LogP contribution in [0.25, 0.3) is 0 Å². The summed E-state index contributed by atoms with van der Waals surface area (Å²) in [6.07, 6.45) is 0.138. The number of hydrogen-bond acceptors (Lipinski definition) is 5. The molecule has 0 aliphatic rings. The largest absolute Gasteiger partial charge is 0.550 e. The van der Waals surface area contributed by atoms with Crippen molar-refractivity contribution in [3.05, 3.63) is 53.5 Å². The Kier molecular flexibility index (Phi) is 5.73. The van der Waals surface area contributed by atoms with Gasteiger partial charge in [0, 0.05) is 23.6 Å². The van der Waals surface area contributed by atoms with Gasteiger partial charge < -0.3 is 19.6 Å². The Morgan fingerprint density at radius 1 is 1.25 bits per heavy atom. The van der Waals surface area contributed by atoms with Crippen LogP contribution in [0, 0.1) is 6.92 Å². The van der Waals surface area contributed by atoms with E-state index in [1.165, 1.54) is 0 Å². The van der Waals surface area contributed by atoms with Gasteiger partial charge >= 0.3 is 6.03 Å². The summed E-state index contributed by atoms with van der Waals surface area (Å²) in [5, 5.41) is 17.2. The maximum atomic E-state index is 11.8. The van der Waals surface area contributed by atoms with E-state index in [1.54, 1.807) is 32.0 Å². The van der Waals surface area contributed by atoms with Crippen molar-refractivity contribution in [3.8, 4) is 0 Å². The lowest BCUT2D eigenvalue weighted by Gasteiger charge is -2.04. The molecule has 2 aromatic rings. The number of carboxylic acids is 1. The summed E-state index contributed by atoms with van der Waals surface area (Å²) in [7, 11) is 0. The molecular weight excluding hydrogens is 310 g/mol. The maximum Gasteiger partial charge on any atom is 0.339 e. The van der Waals surface area contributed by atoms with Crippen molar-refractivity contribution in [1.29, 1.82) is 0 Å². The van der Waals surface area contributed by atoms with Crippen molar-refractivity contribution in [2.75, 3.05) is 5.32 Å². The van der Waals surface area contributed by atoms with Gasteiger partial charge in [0.05, 0.1) is 5.71 Å². The second-order valence-electron chi connectivity index (χ2n) is 5.18. The van der Waals surface area contributed by atoms with Crippen LogP contribution in [0.2, 0.25) is 0 Å². The highest BCUT2D eigenvalue weighted by molar-refractivity contribution is 6.00. The number of aryl methyl sites for hydroxylation is 2. The number of carboxylic acid groups (broad SMARTS) is 1. The van der Waals surface area contributed by atoms with Gasteiger partial charge in [0.2, 0.25) is 0 Å². The van der Waals surface area contributed by atoms with Crippen molar-refractivity contribution in [3.63, 3.8) is 0 Å². The fraction of sp³-hybridized carbons (Fsp3) is 0.235. The number of benzene rings is 1. The van der Waals surface area contributed by atoms with E-state index in [9.17, 15) is 14.7 Å². The Hall–Kier alpha value is -3.09. The summed E-state index contributed by atoms with van der Waals surface area (Å²) < 4.78 is 5.49. The summed E-state index contributed by atoms with van der Waals surface area (Å²) in [5.41, 5.74) is 4.33. The lowest BCUT2D eigenvalue weighted by atomic mass is 10.1. The number of nitrogens with zero attached hydrogens (tertiary/aromatic N) is 1. The Balaban J connectivity index is 1.97. The standard InChI is InChI=1S/C17H19N3O4/c1-11(15-10-14(24-12(15)2)8-9-16(21)22)19-20-17(23)18-13-6-4-3-5-7-13/h3-7,10H,8-9H2,1-2H3,(H,21,22)(H2,18,20,23)/p-1/b19-11-. The summed E-state index contributed by atoms with van der Waals surface area (Å²) in [5.74, 6) is 0.0140. The Bertz CT molecular complexity index is 750. The minimum absolute atomic E-state index is 0.111. The number of para-hydroxylation sites is 1. The zero-order valence-electron chi connectivity index (χ0n) is 13.5. The van der Waals surface area contributed by atoms with Gasteiger partial charge in [-0.05, 0) is 38.5 Å². The molecule has 0 fully saturated rings. The number of anilines is 1. The molecule has 0 atom stereocenters. The van der Waals surface area contributed by atoms with Crippen LogP contribution in [0.3, 0.4) is 0 Å². The van der Waals surface area contributed by atoms with Gasteiger partial charge in [-0.2, -0.15) is 5.10 Å². The molecule has 1 aromatic heterocycles. The van der Waals surface area contributed by atoms with Crippen molar-refractivity contribution in [1.82, 2.24) is 5.43 Å². The first-order valence-corrected chi connectivity index (χ1v) is 7.41. The number of hydrogen-bond donors (Lipinski definition) is 2. The molecule has 126 valence electrons. The molecule has 24 heavy (non-hydrogen) atoms. The molecule has 1 heterocycles. The van der Waals surface area contributed by atoms with Crippen LogP contribution in [0.4, 0.5) is 10.5 Å². The zero-order valence-corrected chi connectivity index (χ0v) is 13.5. The SMILES string of the molecule is C/C(=N/NC(=O)Nc1ccccc1)c1cc(CCC(=O)[O-])oc1C. The number of carbonyl (C=O) groups is 2. The van der Waals surface area contributed by atoms with Crippen LogP contribution in [0.15, 0.2) is 45.9 Å². The Morgan fingerprint density at radius 2 is 1.96 bits per heavy atom. The first kappa shape index (κ1) is 17.3. The molecule has 0 aliphatic carbocycles. The van der Waals surface area contributed by atoms with Crippen LogP contribution in [0.5, 0.6) is 0 Å². The van der Waals surface area contributed by atoms with E-state index in [4.69, 9.17) is 4.42 Å². The van der Waals surface area contributed by atoms with Gasteiger partial charge in [-0.15, -0.1) is 0 Å². The molecule has 2 amide bonds. The lowest BCUT2D eigenvalue weighted by Crippen LogP contribution is -2.25. The Morgan fingerprint density at radius 3 is 2.62 bits per heavy atom. The third-order valence-corrected chi connectivity index (χ3v) is 3.29. The van der Waals surface area contributed by atoms with E-state index in [-0.39, 0.29) is 12.8 Å². The third-order valence-electron chi connectivity index (χ3n) is 3.29. The van der Waals surface area contributed by atoms with Gasteiger partial charge in [-0.1, -0.05) is 18.2 Å².